The molecule has 0 saturated carbocycles. The van der Waals surface area contributed by atoms with Crippen molar-refractivity contribution in [2.24, 2.45) is 5.73 Å². The quantitative estimate of drug-likeness (QED) is 0.0287. The second kappa shape index (κ2) is 37.0. The van der Waals surface area contributed by atoms with Crippen LogP contribution in [0.15, 0.2) is 85.1 Å². The molecule has 0 spiro atoms. The summed E-state index contributed by atoms with van der Waals surface area (Å²) in [5, 5.41) is 0. The van der Waals surface area contributed by atoms with E-state index in [1.165, 1.54) is 0 Å². The van der Waals surface area contributed by atoms with E-state index in [2.05, 4.69) is 98.9 Å². The van der Waals surface area contributed by atoms with E-state index in [-0.39, 0.29) is 32.6 Å². The molecule has 0 aliphatic heterocycles. The van der Waals surface area contributed by atoms with Crippen LogP contribution in [0.4, 0.5) is 0 Å². The Bertz CT molecular complexity index is 1110. The molecule has 10 heteroatoms. The predicted octanol–water partition coefficient (Wildman–Crippen LogP) is 10.5. The normalized spacial score (nSPS) is 14.4. The number of carbonyl (C=O) groups is 2. The molecule has 3 N–H and O–H groups in total. The number of esters is 2. The predicted molar refractivity (Wildman–Crippen MR) is 210 cm³/mol. The SMILES string of the molecule is CC/C=C/C/C=C/C/C=C/C/C=C/CCCCC(=O)O[C@H](COC(=O)CCCCCCC/C=C/C/C=C/C/C=C/CC)COP(=O)(O)OCCN. The van der Waals surface area contributed by atoms with Crippen LogP contribution in [0.1, 0.15) is 129 Å². The molecule has 0 rings (SSSR count). The Balaban J connectivity index is 4.35. The third-order valence-corrected chi connectivity index (χ3v) is 8.26. The summed E-state index contributed by atoms with van der Waals surface area (Å²) < 4.78 is 32.6. The van der Waals surface area contributed by atoms with Crippen molar-refractivity contribution in [3.05, 3.63) is 85.1 Å². The number of rotatable bonds is 34. The highest BCUT2D eigenvalue weighted by Crippen LogP contribution is 2.43. The fraction of sp³-hybridized carbons (Fsp3) is 0.610. The molecule has 9 nitrogen and oxygen atoms in total. The molecule has 0 aromatic heterocycles. The maximum Gasteiger partial charge on any atom is 0.472 e. The minimum Gasteiger partial charge on any atom is -0.462 e. The monoisotopic (exact) mass is 733 g/mol. The fourth-order valence-electron chi connectivity index (χ4n) is 4.52. The zero-order chi connectivity index (χ0) is 37.5. The Morgan fingerprint density at radius 1 is 0.588 bits per heavy atom. The second-order valence-electron chi connectivity index (χ2n) is 12.0. The lowest BCUT2D eigenvalue weighted by Crippen LogP contribution is -2.29. The van der Waals surface area contributed by atoms with Gasteiger partial charge in [0.25, 0.3) is 0 Å². The maximum atomic E-state index is 12.5. The highest BCUT2D eigenvalue weighted by molar-refractivity contribution is 7.47. The van der Waals surface area contributed by atoms with Crippen molar-refractivity contribution in [2.75, 3.05) is 26.4 Å². The number of nitrogens with two attached hydrogens (primary N) is 1. The Morgan fingerprint density at radius 3 is 1.55 bits per heavy atom. The van der Waals surface area contributed by atoms with E-state index in [4.69, 9.17) is 24.3 Å². The summed E-state index contributed by atoms with van der Waals surface area (Å²) in [4.78, 5) is 34.7. The van der Waals surface area contributed by atoms with Crippen LogP contribution in [0.2, 0.25) is 0 Å². The van der Waals surface area contributed by atoms with Gasteiger partial charge in [0.2, 0.25) is 0 Å². The Labute approximate surface area is 309 Å². The Morgan fingerprint density at radius 2 is 1.02 bits per heavy atom. The van der Waals surface area contributed by atoms with Gasteiger partial charge in [-0.15, -0.1) is 0 Å². The fourth-order valence-corrected chi connectivity index (χ4v) is 5.28. The lowest BCUT2D eigenvalue weighted by Gasteiger charge is -2.19. The number of phosphoric acid groups is 1. The molecule has 290 valence electrons. The molecule has 0 fully saturated rings. The van der Waals surface area contributed by atoms with Crippen molar-refractivity contribution in [3.8, 4) is 0 Å². The average Bonchev–Trinajstić information content (AvgIpc) is 3.11. The lowest BCUT2D eigenvalue weighted by atomic mass is 10.1. The molecule has 2 atom stereocenters. The minimum absolute atomic E-state index is 0.0390. The van der Waals surface area contributed by atoms with Crippen molar-refractivity contribution >= 4 is 19.8 Å². The molecule has 0 amide bonds. The van der Waals surface area contributed by atoms with Gasteiger partial charge in [0.15, 0.2) is 6.10 Å². The van der Waals surface area contributed by atoms with E-state index in [1.54, 1.807) is 0 Å². The van der Waals surface area contributed by atoms with Crippen molar-refractivity contribution in [1.29, 1.82) is 0 Å². The van der Waals surface area contributed by atoms with Gasteiger partial charge in [0, 0.05) is 19.4 Å². The summed E-state index contributed by atoms with van der Waals surface area (Å²) in [6.45, 7) is 3.40. The van der Waals surface area contributed by atoms with Gasteiger partial charge in [0.1, 0.15) is 6.61 Å². The summed E-state index contributed by atoms with van der Waals surface area (Å²) in [5.41, 5.74) is 5.33. The first-order valence-electron chi connectivity index (χ1n) is 19.1. The van der Waals surface area contributed by atoms with E-state index >= 15 is 0 Å². The Kier molecular flexibility index (Phi) is 34.9. The third-order valence-electron chi connectivity index (χ3n) is 7.28. The number of carbonyl (C=O) groups excluding carboxylic acids is 2. The van der Waals surface area contributed by atoms with Crippen LogP contribution in [0, 0.1) is 0 Å². The van der Waals surface area contributed by atoms with E-state index < -0.39 is 32.5 Å². The molecule has 51 heavy (non-hydrogen) atoms. The molecule has 0 aliphatic rings. The first-order valence-corrected chi connectivity index (χ1v) is 20.6. The Hall–Kier alpha value is -2.81. The van der Waals surface area contributed by atoms with Crippen LogP contribution in [-0.4, -0.2) is 49.3 Å². The van der Waals surface area contributed by atoms with Crippen molar-refractivity contribution in [1.82, 2.24) is 0 Å². The largest absolute Gasteiger partial charge is 0.472 e. The number of hydrogen-bond donors (Lipinski definition) is 2. The van der Waals surface area contributed by atoms with Crippen molar-refractivity contribution in [2.45, 2.75) is 136 Å². The van der Waals surface area contributed by atoms with Gasteiger partial charge < -0.3 is 20.1 Å². The summed E-state index contributed by atoms with van der Waals surface area (Å²) >= 11 is 0. The third kappa shape index (κ3) is 36.8. The standard InChI is InChI=1S/C41H68NO8P/c1-3-5-7-9-11-13-15-17-19-21-23-25-27-29-31-33-40(43)47-37-39(38-49-51(45,46)48-36-35-42)50-41(44)34-32-30-28-26-24-22-20-18-16-14-12-10-8-6-4-2/h5-8,11-14,17-20,24,26,39H,3-4,9-10,15-16,21-23,25,27-38,42H2,1-2H3,(H,45,46)/b7-5+,8-6+,13-11+,14-12+,19-17+,20-18+,26-24+/t39-/m1/s1. The van der Waals surface area contributed by atoms with Gasteiger partial charge >= 0.3 is 19.8 Å². The molecule has 0 radical (unpaired) electrons. The minimum atomic E-state index is -4.39. The molecular weight excluding hydrogens is 665 g/mol. The molecule has 0 aromatic rings. The van der Waals surface area contributed by atoms with Crippen molar-refractivity contribution < 1.29 is 37.6 Å². The van der Waals surface area contributed by atoms with E-state index in [9.17, 15) is 19.0 Å². The molecule has 0 aliphatic carbocycles. The van der Waals surface area contributed by atoms with Gasteiger partial charge in [-0.2, -0.15) is 0 Å². The highest BCUT2D eigenvalue weighted by atomic mass is 31.2. The van der Waals surface area contributed by atoms with Crippen LogP contribution >= 0.6 is 7.82 Å². The van der Waals surface area contributed by atoms with Crippen LogP contribution in [0.25, 0.3) is 0 Å². The van der Waals surface area contributed by atoms with Crippen LogP contribution < -0.4 is 5.73 Å². The molecule has 1 unspecified atom stereocenters. The summed E-state index contributed by atoms with van der Waals surface area (Å²) in [6, 6.07) is 0. The van der Waals surface area contributed by atoms with Crippen LogP contribution in [-0.2, 0) is 32.7 Å². The molecule has 0 heterocycles. The van der Waals surface area contributed by atoms with E-state index in [0.29, 0.717) is 12.8 Å². The highest BCUT2D eigenvalue weighted by Gasteiger charge is 2.25. The van der Waals surface area contributed by atoms with Crippen molar-refractivity contribution in [3.63, 3.8) is 0 Å². The molecule has 0 bridgehead atoms. The topological polar surface area (TPSA) is 134 Å². The van der Waals surface area contributed by atoms with E-state index in [1.807, 2.05) is 0 Å². The molecular formula is C41H68NO8P. The smallest absolute Gasteiger partial charge is 0.462 e. The first-order chi connectivity index (χ1) is 24.8. The molecule has 0 saturated heterocycles. The zero-order valence-electron chi connectivity index (χ0n) is 31.5. The van der Waals surface area contributed by atoms with Gasteiger partial charge in [-0.05, 0) is 83.5 Å². The van der Waals surface area contributed by atoms with Gasteiger partial charge in [-0.3, -0.25) is 18.6 Å². The summed E-state index contributed by atoms with van der Waals surface area (Å²) in [6.07, 6.45) is 44.7. The van der Waals surface area contributed by atoms with Crippen LogP contribution in [0.5, 0.6) is 0 Å². The second-order valence-corrected chi connectivity index (χ2v) is 13.5. The summed E-state index contributed by atoms with van der Waals surface area (Å²) in [5.74, 6) is -0.909. The first kappa shape index (κ1) is 48.2. The number of allylic oxidation sites excluding steroid dienone is 14. The lowest BCUT2D eigenvalue weighted by molar-refractivity contribution is -0.161. The number of hydrogen-bond acceptors (Lipinski definition) is 8. The summed E-state index contributed by atoms with van der Waals surface area (Å²) in [7, 11) is -4.39. The zero-order valence-corrected chi connectivity index (χ0v) is 32.4. The van der Waals surface area contributed by atoms with E-state index in [0.717, 1.165) is 89.9 Å². The van der Waals surface area contributed by atoms with Gasteiger partial charge in [0.05, 0.1) is 13.2 Å². The van der Waals surface area contributed by atoms with Gasteiger partial charge in [-0.25, -0.2) is 4.57 Å². The van der Waals surface area contributed by atoms with Crippen LogP contribution in [0.3, 0.4) is 0 Å². The molecule has 0 aromatic carbocycles. The number of unbranched alkanes of at least 4 members (excludes halogenated alkanes) is 7. The average molecular weight is 734 g/mol. The maximum absolute atomic E-state index is 12.5. The number of ether oxygens (including phenoxy) is 2. The number of phosphoric ester groups is 1. The van der Waals surface area contributed by atoms with Gasteiger partial charge in [-0.1, -0.05) is 118 Å².